The molecule has 0 fully saturated rings. The van der Waals surface area contributed by atoms with Gasteiger partial charge in [-0.25, -0.2) is 4.21 Å². The van der Waals surface area contributed by atoms with Crippen LogP contribution in [-0.2, 0) is 11.3 Å². The Morgan fingerprint density at radius 3 is 2.33 bits per heavy atom. The van der Waals surface area contributed by atoms with Crippen molar-refractivity contribution in [2.75, 3.05) is 11.4 Å². The summed E-state index contributed by atoms with van der Waals surface area (Å²) >= 11 is -1.98. The first-order valence-corrected chi connectivity index (χ1v) is 4.38. The van der Waals surface area contributed by atoms with Gasteiger partial charge in [0.05, 0.1) is 5.69 Å². The molecule has 0 bridgehead atoms. The van der Waals surface area contributed by atoms with Gasteiger partial charge in [0.1, 0.15) is 7.85 Å². The lowest BCUT2D eigenvalue weighted by Crippen LogP contribution is -2.19. The van der Waals surface area contributed by atoms with E-state index in [9.17, 15) is 4.21 Å². The molecule has 0 saturated heterocycles. The maximum atomic E-state index is 10.6. The Bertz CT molecular complexity index is 288. The van der Waals surface area contributed by atoms with E-state index < -0.39 is 11.3 Å². The first-order chi connectivity index (χ1) is 5.61. The van der Waals surface area contributed by atoms with Gasteiger partial charge < -0.3 is 0 Å². The van der Waals surface area contributed by atoms with E-state index in [1.807, 2.05) is 0 Å². The molecule has 0 spiro atoms. The van der Waals surface area contributed by atoms with Crippen molar-refractivity contribution in [2.24, 2.45) is 0 Å². The van der Waals surface area contributed by atoms with Gasteiger partial charge in [-0.15, -0.1) is 0 Å². The van der Waals surface area contributed by atoms with Crippen molar-refractivity contribution in [1.29, 1.82) is 0 Å². The van der Waals surface area contributed by atoms with Gasteiger partial charge in [-0.1, -0.05) is 17.6 Å². The Morgan fingerprint density at radius 1 is 1.42 bits per heavy atom. The molecular formula is C7H8BNO2S. The number of rotatable bonds is 2. The molecule has 0 aliphatic heterocycles. The van der Waals surface area contributed by atoms with Crippen LogP contribution in [-0.4, -0.2) is 23.7 Å². The van der Waals surface area contributed by atoms with Gasteiger partial charge in [0.15, 0.2) is 0 Å². The fourth-order valence-corrected chi connectivity index (χ4v) is 1.08. The summed E-state index contributed by atoms with van der Waals surface area (Å²) in [6.45, 7) is 0. The molecule has 2 radical (unpaired) electrons. The van der Waals surface area contributed by atoms with Crippen LogP contribution in [0.1, 0.15) is 0 Å². The zero-order chi connectivity index (χ0) is 9.14. The summed E-state index contributed by atoms with van der Waals surface area (Å²) in [6, 6.07) is 6.73. The van der Waals surface area contributed by atoms with E-state index in [2.05, 4.69) is 0 Å². The number of hydrogen-bond acceptors (Lipinski definition) is 1. The molecule has 12 heavy (non-hydrogen) atoms. The van der Waals surface area contributed by atoms with Crippen LogP contribution < -0.4 is 9.77 Å². The molecule has 0 aromatic heterocycles. The minimum atomic E-state index is -1.98. The first kappa shape index (κ1) is 9.28. The minimum absolute atomic E-state index is 0.635. The van der Waals surface area contributed by atoms with E-state index >= 15 is 0 Å². The Balaban J connectivity index is 2.89. The van der Waals surface area contributed by atoms with Gasteiger partial charge in [-0.2, -0.15) is 0 Å². The van der Waals surface area contributed by atoms with Gasteiger partial charge in [-0.05, 0) is 12.1 Å². The molecule has 0 aliphatic rings. The predicted molar refractivity (Wildman–Crippen MR) is 51.0 cm³/mol. The summed E-state index contributed by atoms with van der Waals surface area (Å²) in [4.78, 5) is 0. The highest BCUT2D eigenvalue weighted by atomic mass is 32.2. The SMILES string of the molecule is [B]c1ccc(N(C)S(=O)O)cc1. The van der Waals surface area contributed by atoms with E-state index in [0.717, 1.165) is 0 Å². The first-order valence-electron chi connectivity index (χ1n) is 3.31. The maximum Gasteiger partial charge on any atom is 0.261 e. The Labute approximate surface area is 75.2 Å². The van der Waals surface area contributed by atoms with Crippen LogP contribution in [0.25, 0.3) is 0 Å². The van der Waals surface area contributed by atoms with E-state index in [1.165, 1.54) is 11.4 Å². The van der Waals surface area contributed by atoms with Crippen LogP contribution in [0.3, 0.4) is 0 Å². The fraction of sp³-hybridized carbons (Fsp3) is 0.143. The number of anilines is 1. The highest BCUT2D eigenvalue weighted by molar-refractivity contribution is 7.80. The van der Waals surface area contributed by atoms with Gasteiger partial charge >= 0.3 is 0 Å². The Kier molecular flexibility index (Phi) is 2.89. The summed E-state index contributed by atoms with van der Waals surface area (Å²) in [5, 5.41) is 0. The number of benzene rings is 1. The highest BCUT2D eigenvalue weighted by Crippen LogP contribution is 2.10. The highest BCUT2D eigenvalue weighted by Gasteiger charge is 2.03. The van der Waals surface area contributed by atoms with E-state index in [4.69, 9.17) is 12.4 Å². The van der Waals surface area contributed by atoms with E-state index in [1.54, 1.807) is 24.3 Å². The quantitative estimate of drug-likeness (QED) is 0.517. The summed E-state index contributed by atoms with van der Waals surface area (Å²) in [6.07, 6.45) is 0. The normalized spacial score (nSPS) is 12.5. The predicted octanol–water partition coefficient (Wildman–Crippen LogP) is 0.0533. The summed E-state index contributed by atoms with van der Waals surface area (Å²) in [5.74, 6) is 0. The summed E-state index contributed by atoms with van der Waals surface area (Å²) < 4.78 is 20.5. The van der Waals surface area contributed by atoms with Crippen LogP contribution in [0.5, 0.6) is 0 Å². The van der Waals surface area contributed by atoms with E-state index in [-0.39, 0.29) is 0 Å². The summed E-state index contributed by atoms with van der Waals surface area (Å²) in [7, 11) is 6.98. The van der Waals surface area contributed by atoms with Crippen LogP contribution >= 0.6 is 0 Å². The van der Waals surface area contributed by atoms with Crippen molar-refractivity contribution in [3.05, 3.63) is 24.3 Å². The molecule has 0 heterocycles. The van der Waals surface area contributed by atoms with Gasteiger partial charge in [-0.3, -0.25) is 8.86 Å². The lowest BCUT2D eigenvalue weighted by Gasteiger charge is -2.13. The van der Waals surface area contributed by atoms with Crippen LogP contribution in [0.15, 0.2) is 24.3 Å². The molecular weight excluding hydrogens is 173 g/mol. The second kappa shape index (κ2) is 3.73. The van der Waals surface area contributed by atoms with Crippen molar-refractivity contribution in [2.45, 2.75) is 0 Å². The number of nitrogens with zero attached hydrogens (tertiary/aromatic N) is 1. The molecule has 0 aliphatic carbocycles. The zero-order valence-electron chi connectivity index (χ0n) is 6.60. The van der Waals surface area contributed by atoms with Crippen LogP contribution in [0.4, 0.5) is 5.69 Å². The van der Waals surface area contributed by atoms with Crippen molar-refractivity contribution in [1.82, 2.24) is 0 Å². The molecule has 5 heteroatoms. The third kappa shape index (κ3) is 2.09. The average molecular weight is 181 g/mol. The van der Waals surface area contributed by atoms with E-state index in [0.29, 0.717) is 11.2 Å². The monoisotopic (exact) mass is 181 g/mol. The third-order valence-electron chi connectivity index (χ3n) is 1.49. The lowest BCUT2D eigenvalue weighted by atomic mass is 9.96. The molecule has 1 aromatic carbocycles. The fourth-order valence-electron chi connectivity index (χ4n) is 0.774. The molecule has 3 nitrogen and oxygen atoms in total. The molecule has 0 amide bonds. The number of hydrogen-bond donors (Lipinski definition) is 1. The van der Waals surface area contributed by atoms with Crippen molar-refractivity contribution in [3.63, 3.8) is 0 Å². The molecule has 1 unspecified atom stereocenters. The van der Waals surface area contributed by atoms with Crippen molar-refractivity contribution < 1.29 is 8.76 Å². The smallest absolute Gasteiger partial charge is 0.261 e. The molecule has 1 atom stereocenters. The Hall–Kier alpha value is -0.805. The average Bonchev–Trinajstić information content (AvgIpc) is 2.04. The van der Waals surface area contributed by atoms with Crippen LogP contribution in [0, 0.1) is 0 Å². The molecule has 1 N–H and O–H groups in total. The largest absolute Gasteiger partial charge is 0.289 e. The molecule has 1 aromatic rings. The summed E-state index contributed by atoms with van der Waals surface area (Å²) in [5.41, 5.74) is 1.29. The lowest BCUT2D eigenvalue weighted by molar-refractivity contribution is 0.562. The third-order valence-corrected chi connectivity index (χ3v) is 2.17. The molecule has 1 rings (SSSR count). The van der Waals surface area contributed by atoms with Gasteiger partial charge in [0, 0.05) is 7.05 Å². The van der Waals surface area contributed by atoms with Crippen molar-refractivity contribution >= 4 is 30.3 Å². The second-order valence-corrected chi connectivity index (χ2v) is 3.33. The zero-order valence-corrected chi connectivity index (χ0v) is 7.41. The second-order valence-electron chi connectivity index (χ2n) is 2.32. The topological polar surface area (TPSA) is 40.5 Å². The van der Waals surface area contributed by atoms with Gasteiger partial charge in [0.2, 0.25) is 0 Å². The standard InChI is InChI=1S/C7H8BNO2S/c1-9(12(10)11)7-4-2-6(8)3-5-7/h2-5H,1H3,(H,10,11). The minimum Gasteiger partial charge on any atom is -0.289 e. The molecule has 0 saturated carbocycles. The maximum absolute atomic E-state index is 10.6. The van der Waals surface area contributed by atoms with Crippen LogP contribution in [0.2, 0.25) is 0 Å². The molecule has 62 valence electrons. The van der Waals surface area contributed by atoms with Gasteiger partial charge in [0.25, 0.3) is 11.3 Å². The Morgan fingerprint density at radius 2 is 1.92 bits per heavy atom. The van der Waals surface area contributed by atoms with Crippen molar-refractivity contribution in [3.8, 4) is 0 Å².